The van der Waals surface area contributed by atoms with Gasteiger partial charge in [-0.05, 0) is 24.3 Å². The predicted molar refractivity (Wildman–Crippen MR) is 86.8 cm³/mol. The van der Waals surface area contributed by atoms with E-state index in [2.05, 4.69) is 15.9 Å². The summed E-state index contributed by atoms with van der Waals surface area (Å²) < 4.78 is 67.6. The molecule has 0 bridgehead atoms. The van der Waals surface area contributed by atoms with Crippen molar-refractivity contribution in [2.24, 2.45) is 0 Å². The van der Waals surface area contributed by atoms with Crippen LogP contribution >= 0.6 is 27.5 Å². The summed E-state index contributed by atoms with van der Waals surface area (Å²) in [6, 6.07) is 7.62. The summed E-state index contributed by atoms with van der Waals surface area (Å²) in [4.78, 5) is 11.9. The molecule has 0 fully saturated rings. The monoisotopic (exact) mass is 441 g/mol. The Morgan fingerprint density at radius 1 is 1.04 bits per heavy atom. The van der Waals surface area contributed by atoms with E-state index >= 15 is 0 Å². The molecule has 1 amide bonds. The van der Waals surface area contributed by atoms with Gasteiger partial charge >= 0.3 is 6.18 Å². The third-order valence-corrected chi connectivity index (χ3v) is 4.08. The van der Waals surface area contributed by atoms with Crippen LogP contribution < -0.4 is 5.32 Å². The normalized spacial score (nSPS) is 12.1. The Balaban J connectivity index is 2.20. The largest absolute Gasteiger partial charge is 0.417 e. The number of carbonyl (C=O) groups is 1. The van der Waals surface area contributed by atoms with Crippen molar-refractivity contribution >= 4 is 33.4 Å². The predicted octanol–water partition coefficient (Wildman–Crippen LogP) is 5.64. The topological polar surface area (TPSA) is 29.1 Å². The summed E-state index contributed by atoms with van der Waals surface area (Å²) in [5, 5.41) is 1.60. The number of amides is 1. The van der Waals surface area contributed by atoms with E-state index < -0.39 is 41.2 Å². The number of benzene rings is 2. The maximum absolute atomic E-state index is 14.2. The van der Waals surface area contributed by atoms with Crippen molar-refractivity contribution in [3.05, 3.63) is 68.7 Å². The van der Waals surface area contributed by atoms with Gasteiger partial charge in [0.2, 0.25) is 0 Å². The smallest absolute Gasteiger partial charge is 0.346 e. The number of hydrogen-bond acceptors (Lipinski definition) is 1. The Morgan fingerprint density at radius 3 is 2.28 bits per heavy atom. The molecule has 0 aliphatic rings. The van der Waals surface area contributed by atoms with Gasteiger partial charge in [-0.2, -0.15) is 22.0 Å². The number of carbonyl (C=O) groups excluding carboxylic acids is 1. The summed E-state index contributed by atoms with van der Waals surface area (Å²) in [5.41, 5.74) is -2.47. The van der Waals surface area contributed by atoms with E-state index in [0.717, 1.165) is 18.2 Å². The van der Waals surface area contributed by atoms with Crippen LogP contribution in [-0.2, 0) is 12.1 Å². The van der Waals surface area contributed by atoms with E-state index in [1.165, 1.54) is 18.2 Å². The first-order chi connectivity index (χ1) is 11.5. The van der Waals surface area contributed by atoms with Gasteiger partial charge in [-0.25, -0.2) is 0 Å². The first-order valence-electron chi connectivity index (χ1n) is 6.80. The van der Waals surface area contributed by atoms with E-state index in [-0.39, 0.29) is 5.02 Å². The molecule has 2 rings (SSSR count). The average molecular weight is 443 g/mol. The fraction of sp³-hybridized carbons (Fsp3) is 0.188. The summed E-state index contributed by atoms with van der Waals surface area (Å²) in [6.45, 7) is -1.20. The molecular weight excluding hydrogens is 433 g/mol. The average Bonchev–Trinajstić information content (AvgIpc) is 2.51. The molecule has 0 saturated carbocycles. The summed E-state index contributed by atoms with van der Waals surface area (Å²) in [5.74, 6) is -4.80. The third kappa shape index (κ3) is 4.70. The highest BCUT2D eigenvalue weighted by Gasteiger charge is 2.37. The molecule has 0 spiro atoms. The van der Waals surface area contributed by atoms with Crippen molar-refractivity contribution in [1.82, 2.24) is 5.32 Å². The molecule has 0 saturated heterocycles. The Kier molecular flexibility index (Phi) is 5.73. The first kappa shape index (κ1) is 19.7. The second-order valence-corrected chi connectivity index (χ2v) is 6.38. The van der Waals surface area contributed by atoms with E-state index in [4.69, 9.17) is 11.6 Å². The van der Waals surface area contributed by atoms with Gasteiger partial charge in [-0.3, -0.25) is 4.79 Å². The Labute approximate surface area is 153 Å². The highest BCUT2D eigenvalue weighted by atomic mass is 79.9. The number of hydrogen-bond donors (Lipinski definition) is 1. The molecule has 9 heteroatoms. The SMILES string of the molecule is O=C(NCC(F)(F)c1ccc(Br)cc1Cl)c1ccccc1C(F)(F)F. The van der Waals surface area contributed by atoms with Crippen LogP contribution in [-0.4, -0.2) is 12.5 Å². The zero-order valence-electron chi connectivity index (χ0n) is 12.3. The molecule has 2 aromatic carbocycles. The number of alkyl halides is 5. The molecule has 0 aromatic heterocycles. The van der Waals surface area contributed by atoms with Gasteiger partial charge in [-0.1, -0.05) is 45.7 Å². The number of halogens is 7. The quantitative estimate of drug-likeness (QED) is 0.610. The Hall–Kier alpha value is -1.67. The number of nitrogens with one attached hydrogen (secondary N) is 1. The summed E-state index contributed by atoms with van der Waals surface area (Å²) >= 11 is 8.84. The lowest BCUT2D eigenvalue weighted by atomic mass is 10.1. The number of rotatable bonds is 4. The maximum Gasteiger partial charge on any atom is 0.417 e. The van der Waals surface area contributed by atoms with Gasteiger partial charge < -0.3 is 5.32 Å². The van der Waals surface area contributed by atoms with Crippen molar-refractivity contribution in [2.45, 2.75) is 12.1 Å². The molecule has 0 aliphatic heterocycles. The standard InChI is InChI=1S/C16H10BrClF5NO/c17-9-5-6-12(13(18)7-9)15(19,20)8-24-14(25)10-3-1-2-4-11(10)16(21,22)23/h1-7H,8H2,(H,24,25). The van der Waals surface area contributed by atoms with Crippen LogP contribution in [0.25, 0.3) is 0 Å². The third-order valence-electron chi connectivity index (χ3n) is 3.27. The minimum absolute atomic E-state index is 0.232. The van der Waals surface area contributed by atoms with E-state index in [1.807, 2.05) is 5.32 Å². The van der Waals surface area contributed by atoms with Gasteiger partial charge in [0, 0.05) is 10.0 Å². The molecular formula is C16H10BrClF5NO. The molecule has 0 heterocycles. The van der Waals surface area contributed by atoms with Gasteiger partial charge in [0.15, 0.2) is 0 Å². The lowest BCUT2D eigenvalue weighted by molar-refractivity contribution is -0.137. The van der Waals surface area contributed by atoms with E-state index in [0.29, 0.717) is 10.5 Å². The van der Waals surface area contributed by atoms with Gasteiger partial charge in [0.05, 0.1) is 22.7 Å². The van der Waals surface area contributed by atoms with Gasteiger partial charge in [0.25, 0.3) is 11.8 Å². The van der Waals surface area contributed by atoms with E-state index in [1.54, 1.807) is 0 Å². The Bertz CT molecular complexity index is 794. The maximum atomic E-state index is 14.2. The lowest BCUT2D eigenvalue weighted by Crippen LogP contribution is -2.36. The van der Waals surface area contributed by atoms with Crippen molar-refractivity contribution in [3.8, 4) is 0 Å². The summed E-state index contributed by atoms with van der Waals surface area (Å²) in [7, 11) is 0. The second kappa shape index (κ2) is 7.29. The van der Waals surface area contributed by atoms with Crippen LogP contribution in [0.4, 0.5) is 22.0 Å². The van der Waals surface area contributed by atoms with Crippen LogP contribution in [0.3, 0.4) is 0 Å². The lowest BCUT2D eigenvalue weighted by Gasteiger charge is -2.19. The minimum Gasteiger partial charge on any atom is -0.346 e. The molecule has 1 N–H and O–H groups in total. The molecule has 0 unspecified atom stereocenters. The molecule has 0 radical (unpaired) electrons. The van der Waals surface area contributed by atoms with Crippen LogP contribution in [0.5, 0.6) is 0 Å². The van der Waals surface area contributed by atoms with Crippen molar-refractivity contribution in [3.63, 3.8) is 0 Å². The highest BCUT2D eigenvalue weighted by molar-refractivity contribution is 9.10. The Morgan fingerprint density at radius 2 is 1.68 bits per heavy atom. The van der Waals surface area contributed by atoms with E-state index in [9.17, 15) is 26.7 Å². The molecule has 2 aromatic rings. The van der Waals surface area contributed by atoms with Crippen LogP contribution in [0, 0.1) is 0 Å². The molecule has 0 aliphatic carbocycles. The molecule has 0 atom stereocenters. The van der Waals surface area contributed by atoms with Crippen molar-refractivity contribution in [2.75, 3.05) is 6.54 Å². The second-order valence-electron chi connectivity index (χ2n) is 5.05. The fourth-order valence-corrected chi connectivity index (χ4v) is 2.91. The van der Waals surface area contributed by atoms with Crippen LogP contribution in [0.1, 0.15) is 21.5 Å². The van der Waals surface area contributed by atoms with Crippen LogP contribution in [0.15, 0.2) is 46.9 Å². The van der Waals surface area contributed by atoms with Gasteiger partial charge in [-0.15, -0.1) is 0 Å². The zero-order chi connectivity index (χ0) is 18.8. The zero-order valence-corrected chi connectivity index (χ0v) is 14.6. The summed E-state index contributed by atoms with van der Waals surface area (Å²) in [6.07, 6.45) is -4.77. The molecule has 25 heavy (non-hydrogen) atoms. The highest BCUT2D eigenvalue weighted by Crippen LogP contribution is 2.35. The molecule has 134 valence electrons. The minimum atomic E-state index is -4.77. The van der Waals surface area contributed by atoms with Crippen LogP contribution in [0.2, 0.25) is 5.02 Å². The molecule has 2 nitrogen and oxygen atoms in total. The van der Waals surface area contributed by atoms with Crippen molar-refractivity contribution in [1.29, 1.82) is 0 Å². The first-order valence-corrected chi connectivity index (χ1v) is 7.97. The van der Waals surface area contributed by atoms with Crippen molar-refractivity contribution < 1.29 is 26.7 Å². The van der Waals surface area contributed by atoms with Gasteiger partial charge in [0.1, 0.15) is 0 Å². The fourth-order valence-electron chi connectivity index (χ4n) is 2.10.